The lowest BCUT2D eigenvalue weighted by Crippen LogP contribution is -2.02. The molecule has 2 rings (SSSR count). The Kier molecular flexibility index (Phi) is 4.02. The van der Waals surface area contributed by atoms with Crippen LogP contribution in [-0.4, -0.2) is 11.6 Å². The van der Waals surface area contributed by atoms with E-state index >= 15 is 0 Å². The highest BCUT2D eigenvalue weighted by Crippen LogP contribution is 2.23. The Balaban J connectivity index is 1.94. The summed E-state index contributed by atoms with van der Waals surface area (Å²) in [4.78, 5) is 5.50. The number of nitrogens with zero attached hydrogens (tertiary/aromatic N) is 1. The smallest absolute Gasteiger partial charge is 0.123 e. The predicted octanol–water partition coefficient (Wildman–Crippen LogP) is 4.03. The number of ether oxygens (including phenoxy) is 1. The maximum Gasteiger partial charge on any atom is 0.123 e. The molecular weight excluding hydrogens is 254 g/mol. The molecule has 0 N–H and O–H groups in total. The van der Waals surface area contributed by atoms with Crippen LogP contribution >= 0.6 is 22.9 Å². The number of aromatic nitrogens is 1. The summed E-state index contributed by atoms with van der Waals surface area (Å²) in [6.07, 6.45) is 0.891. The lowest BCUT2D eigenvalue weighted by atomic mass is 10.2. The number of aryl methyl sites for hydroxylation is 2. The van der Waals surface area contributed by atoms with Gasteiger partial charge in [0.15, 0.2) is 0 Å². The normalized spacial score (nSPS) is 10.5. The summed E-state index contributed by atoms with van der Waals surface area (Å²) >= 11 is 7.61. The third-order valence-electron chi connectivity index (χ3n) is 2.58. The van der Waals surface area contributed by atoms with Gasteiger partial charge in [0.1, 0.15) is 5.75 Å². The zero-order valence-electron chi connectivity index (χ0n) is 9.87. The summed E-state index contributed by atoms with van der Waals surface area (Å²) in [5, 5.41) is 0.708. The lowest BCUT2D eigenvalue weighted by Gasteiger charge is -2.08. The quantitative estimate of drug-likeness (QED) is 0.834. The van der Waals surface area contributed by atoms with Gasteiger partial charge >= 0.3 is 0 Å². The Hall–Kier alpha value is -1.06. The third-order valence-corrected chi connectivity index (χ3v) is 3.81. The molecule has 0 aliphatic rings. The fraction of sp³-hybridized carbons (Fsp3) is 0.308. The van der Waals surface area contributed by atoms with Crippen LogP contribution in [0, 0.1) is 13.8 Å². The van der Waals surface area contributed by atoms with E-state index in [4.69, 9.17) is 16.3 Å². The first kappa shape index (κ1) is 12.4. The molecule has 0 unspecified atom stereocenters. The summed E-state index contributed by atoms with van der Waals surface area (Å²) in [6, 6.07) is 5.70. The van der Waals surface area contributed by atoms with Gasteiger partial charge in [-0.2, -0.15) is 0 Å². The molecule has 1 aromatic carbocycles. The molecule has 0 fully saturated rings. The van der Waals surface area contributed by atoms with Gasteiger partial charge in [0, 0.05) is 16.3 Å². The molecule has 0 spiro atoms. The van der Waals surface area contributed by atoms with Crippen LogP contribution in [0.5, 0.6) is 5.75 Å². The minimum Gasteiger partial charge on any atom is -0.493 e. The molecular formula is C13H14ClNOS. The summed E-state index contributed by atoms with van der Waals surface area (Å²) < 4.78 is 5.74. The van der Waals surface area contributed by atoms with Crippen LogP contribution in [0.3, 0.4) is 0 Å². The number of hydrogen-bond donors (Lipinski definition) is 0. The van der Waals surface area contributed by atoms with Crippen LogP contribution < -0.4 is 4.74 Å². The minimum atomic E-state index is 0.657. The second-order valence-corrected chi connectivity index (χ2v) is 5.24. The average molecular weight is 268 g/mol. The van der Waals surface area contributed by atoms with Crippen molar-refractivity contribution in [1.29, 1.82) is 0 Å². The van der Waals surface area contributed by atoms with Crippen LogP contribution in [0.4, 0.5) is 0 Å². The van der Waals surface area contributed by atoms with Crippen molar-refractivity contribution in [3.8, 4) is 5.75 Å². The molecule has 1 heterocycles. The number of thiazole rings is 1. The van der Waals surface area contributed by atoms with E-state index in [9.17, 15) is 0 Å². The topological polar surface area (TPSA) is 22.1 Å². The molecule has 2 aromatic rings. The maximum absolute atomic E-state index is 5.93. The second kappa shape index (κ2) is 5.52. The number of hydrogen-bond acceptors (Lipinski definition) is 3. The fourth-order valence-corrected chi connectivity index (χ4v) is 2.47. The van der Waals surface area contributed by atoms with E-state index in [1.807, 2.05) is 37.6 Å². The SMILES string of the molecule is Cc1ccc(Cl)cc1OCCc1scnc1C. The van der Waals surface area contributed by atoms with Gasteiger partial charge < -0.3 is 4.74 Å². The minimum absolute atomic E-state index is 0.657. The largest absolute Gasteiger partial charge is 0.493 e. The van der Waals surface area contributed by atoms with Gasteiger partial charge in [0.2, 0.25) is 0 Å². The van der Waals surface area contributed by atoms with Gasteiger partial charge in [-0.15, -0.1) is 11.3 Å². The zero-order valence-corrected chi connectivity index (χ0v) is 11.4. The van der Waals surface area contributed by atoms with Gasteiger partial charge in [-0.1, -0.05) is 17.7 Å². The van der Waals surface area contributed by atoms with Gasteiger partial charge in [0.25, 0.3) is 0 Å². The van der Waals surface area contributed by atoms with Gasteiger partial charge in [0.05, 0.1) is 17.8 Å². The molecule has 0 atom stereocenters. The summed E-state index contributed by atoms with van der Waals surface area (Å²) in [7, 11) is 0. The Morgan fingerprint density at radius 3 is 2.88 bits per heavy atom. The number of rotatable bonds is 4. The van der Waals surface area contributed by atoms with E-state index in [1.165, 1.54) is 4.88 Å². The number of benzene rings is 1. The first-order valence-corrected chi connectivity index (χ1v) is 6.70. The second-order valence-electron chi connectivity index (χ2n) is 3.87. The van der Waals surface area contributed by atoms with Crippen molar-refractivity contribution in [1.82, 2.24) is 4.98 Å². The fourth-order valence-electron chi connectivity index (χ4n) is 1.55. The average Bonchev–Trinajstić information content (AvgIpc) is 2.70. The highest BCUT2D eigenvalue weighted by Gasteiger charge is 2.04. The molecule has 1 aromatic heterocycles. The van der Waals surface area contributed by atoms with Crippen molar-refractivity contribution < 1.29 is 4.74 Å². The van der Waals surface area contributed by atoms with Crippen molar-refractivity contribution in [3.63, 3.8) is 0 Å². The number of halogens is 1. The molecule has 17 heavy (non-hydrogen) atoms. The summed E-state index contributed by atoms with van der Waals surface area (Å²) in [5.74, 6) is 0.861. The van der Waals surface area contributed by atoms with E-state index in [1.54, 1.807) is 11.3 Å². The van der Waals surface area contributed by atoms with Crippen molar-refractivity contribution in [2.75, 3.05) is 6.61 Å². The molecule has 4 heteroatoms. The third kappa shape index (κ3) is 3.20. The molecule has 2 nitrogen and oxygen atoms in total. The van der Waals surface area contributed by atoms with E-state index in [2.05, 4.69) is 4.98 Å². The van der Waals surface area contributed by atoms with Crippen molar-refractivity contribution in [3.05, 3.63) is 44.9 Å². The van der Waals surface area contributed by atoms with E-state index < -0.39 is 0 Å². The monoisotopic (exact) mass is 267 g/mol. The van der Waals surface area contributed by atoms with E-state index in [-0.39, 0.29) is 0 Å². The molecule has 0 saturated carbocycles. The Morgan fingerprint density at radius 2 is 2.18 bits per heavy atom. The zero-order chi connectivity index (χ0) is 12.3. The highest BCUT2D eigenvalue weighted by atomic mass is 35.5. The Labute approximate surface area is 110 Å². The van der Waals surface area contributed by atoms with Gasteiger partial charge in [-0.25, -0.2) is 4.98 Å². The van der Waals surface area contributed by atoms with Crippen LogP contribution in [-0.2, 0) is 6.42 Å². The molecule has 0 amide bonds. The van der Waals surface area contributed by atoms with Crippen LogP contribution in [0.2, 0.25) is 5.02 Å². The Bertz CT molecular complexity index is 510. The van der Waals surface area contributed by atoms with Crippen LogP contribution in [0.25, 0.3) is 0 Å². The van der Waals surface area contributed by atoms with E-state index in [0.717, 1.165) is 23.4 Å². The van der Waals surface area contributed by atoms with Crippen LogP contribution in [0.15, 0.2) is 23.7 Å². The highest BCUT2D eigenvalue weighted by molar-refractivity contribution is 7.09. The van der Waals surface area contributed by atoms with E-state index in [0.29, 0.717) is 11.6 Å². The standard InChI is InChI=1S/C13H14ClNOS/c1-9-3-4-11(14)7-12(9)16-6-5-13-10(2)15-8-17-13/h3-4,7-8H,5-6H2,1-2H3. The molecule has 90 valence electrons. The summed E-state index contributed by atoms with van der Waals surface area (Å²) in [5.41, 5.74) is 4.08. The first-order chi connectivity index (χ1) is 8.16. The molecule has 0 bridgehead atoms. The van der Waals surface area contributed by atoms with Crippen molar-refractivity contribution in [2.45, 2.75) is 20.3 Å². The maximum atomic E-state index is 5.93. The molecule has 0 aliphatic carbocycles. The summed E-state index contributed by atoms with van der Waals surface area (Å²) in [6.45, 7) is 4.70. The van der Waals surface area contributed by atoms with Gasteiger partial charge in [-0.05, 0) is 31.5 Å². The molecule has 0 radical (unpaired) electrons. The van der Waals surface area contributed by atoms with Crippen LogP contribution in [0.1, 0.15) is 16.1 Å². The molecule has 0 saturated heterocycles. The van der Waals surface area contributed by atoms with Crippen molar-refractivity contribution in [2.24, 2.45) is 0 Å². The predicted molar refractivity (Wildman–Crippen MR) is 72.2 cm³/mol. The molecule has 0 aliphatic heterocycles. The van der Waals surface area contributed by atoms with Gasteiger partial charge in [-0.3, -0.25) is 0 Å². The first-order valence-electron chi connectivity index (χ1n) is 5.45. The van der Waals surface area contributed by atoms with Crippen molar-refractivity contribution >= 4 is 22.9 Å². The Morgan fingerprint density at radius 1 is 1.35 bits per heavy atom. The lowest BCUT2D eigenvalue weighted by molar-refractivity contribution is 0.320.